The number of aromatic nitrogens is 3. The van der Waals surface area contributed by atoms with E-state index in [9.17, 15) is 0 Å². The van der Waals surface area contributed by atoms with Crippen LogP contribution in [0, 0.1) is 6.92 Å². The van der Waals surface area contributed by atoms with Crippen molar-refractivity contribution in [3.8, 4) is 21.3 Å². The maximum absolute atomic E-state index is 5.81. The molecule has 140 valence electrons. The summed E-state index contributed by atoms with van der Waals surface area (Å²) in [4.78, 5) is 10.2. The van der Waals surface area contributed by atoms with Gasteiger partial charge in [-0.2, -0.15) is 0 Å². The average molecular weight is 413 g/mol. The summed E-state index contributed by atoms with van der Waals surface area (Å²) in [6, 6.07) is 8.34. The zero-order valence-corrected chi connectivity index (χ0v) is 16.9. The normalized spacial score (nSPS) is 16.6. The van der Waals surface area contributed by atoms with Crippen LogP contribution in [0.3, 0.4) is 0 Å². The lowest BCUT2D eigenvalue weighted by molar-refractivity contribution is 0.0185. The van der Waals surface area contributed by atoms with E-state index in [2.05, 4.69) is 51.0 Å². The molecule has 1 N–H and O–H groups in total. The van der Waals surface area contributed by atoms with Crippen molar-refractivity contribution in [3.63, 3.8) is 0 Å². The zero-order chi connectivity index (χ0) is 16.4. The number of ether oxygens (including phenoxy) is 1. The van der Waals surface area contributed by atoms with Crippen LogP contribution in [0.5, 0.6) is 0 Å². The number of aryl methyl sites for hydroxylation is 1. The van der Waals surface area contributed by atoms with Crippen LogP contribution >= 0.6 is 36.2 Å². The number of hydrogen-bond donors (Lipinski definition) is 1. The first-order valence-corrected chi connectivity index (χ1v) is 8.98. The highest BCUT2D eigenvalue weighted by Crippen LogP contribution is 2.32. The van der Waals surface area contributed by atoms with E-state index < -0.39 is 0 Å². The molecule has 0 aliphatic carbocycles. The molecule has 3 aromatic rings. The van der Waals surface area contributed by atoms with Crippen molar-refractivity contribution in [2.75, 3.05) is 19.7 Å². The average Bonchev–Trinajstić information content (AvgIpc) is 3.25. The Balaban J connectivity index is 0.00000121. The maximum Gasteiger partial charge on any atom is 0.151 e. The summed E-state index contributed by atoms with van der Waals surface area (Å²) in [6.07, 6.45) is 5.97. The molecule has 2 aromatic heterocycles. The Hall–Kier alpha value is -1.44. The Labute approximate surface area is 169 Å². The van der Waals surface area contributed by atoms with Gasteiger partial charge in [0.1, 0.15) is 5.01 Å². The van der Waals surface area contributed by atoms with Gasteiger partial charge in [-0.3, -0.25) is 0 Å². The van der Waals surface area contributed by atoms with Gasteiger partial charge in [0.05, 0.1) is 24.1 Å². The SMILES string of the molecule is Cc1ccccc1-c1ncc(-c2nccn2CC2CNCCO2)s1.Cl.Cl. The number of rotatable bonds is 4. The Morgan fingerprint density at radius 1 is 1.27 bits per heavy atom. The van der Waals surface area contributed by atoms with Crippen molar-refractivity contribution < 1.29 is 4.74 Å². The van der Waals surface area contributed by atoms with Crippen LogP contribution in [0.1, 0.15) is 5.56 Å². The number of benzene rings is 1. The summed E-state index contributed by atoms with van der Waals surface area (Å²) in [7, 11) is 0. The highest BCUT2D eigenvalue weighted by Gasteiger charge is 2.17. The Kier molecular flexibility index (Phi) is 7.61. The van der Waals surface area contributed by atoms with Crippen LogP contribution in [0.4, 0.5) is 0 Å². The summed E-state index contributed by atoms with van der Waals surface area (Å²) in [5.41, 5.74) is 2.43. The Morgan fingerprint density at radius 3 is 2.88 bits per heavy atom. The largest absolute Gasteiger partial charge is 0.374 e. The van der Waals surface area contributed by atoms with E-state index in [0.29, 0.717) is 0 Å². The van der Waals surface area contributed by atoms with Crippen molar-refractivity contribution in [1.29, 1.82) is 0 Å². The summed E-state index contributed by atoms with van der Waals surface area (Å²) >= 11 is 1.68. The molecule has 8 heteroatoms. The number of thiazole rings is 1. The number of nitrogens with one attached hydrogen (secondary N) is 1. The van der Waals surface area contributed by atoms with E-state index in [0.717, 1.165) is 42.0 Å². The third-order valence-electron chi connectivity index (χ3n) is 4.22. The predicted molar refractivity (Wildman–Crippen MR) is 111 cm³/mol. The summed E-state index contributed by atoms with van der Waals surface area (Å²) < 4.78 is 7.97. The van der Waals surface area contributed by atoms with Crippen molar-refractivity contribution in [2.24, 2.45) is 0 Å². The number of nitrogens with zero attached hydrogens (tertiary/aromatic N) is 3. The van der Waals surface area contributed by atoms with Gasteiger partial charge < -0.3 is 14.6 Å². The van der Waals surface area contributed by atoms with E-state index in [1.165, 1.54) is 11.1 Å². The molecular weight excluding hydrogens is 391 g/mol. The first kappa shape index (κ1) is 20.9. The molecule has 0 spiro atoms. The number of halogens is 2. The molecule has 3 heterocycles. The van der Waals surface area contributed by atoms with Crippen molar-refractivity contribution >= 4 is 36.2 Å². The van der Waals surface area contributed by atoms with Gasteiger partial charge in [0.2, 0.25) is 0 Å². The summed E-state index contributed by atoms with van der Waals surface area (Å²) in [5, 5.41) is 4.41. The number of morpholine rings is 1. The van der Waals surface area contributed by atoms with E-state index >= 15 is 0 Å². The van der Waals surface area contributed by atoms with Gasteiger partial charge in [-0.1, -0.05) is 24.3 Å². The molecule has 1 fully saturated rings. The summed E-state index contributed by atoms with van der Waals surface area (Å²) in [5.74, 6) is 0.960. The standard InChI is InChI=1S/C18H20N4OS.2ClH/c1-13-4-2-3-5-15(13)18-21-11-16(24-18)17-20-6-8-22(17)12-14-10-19-7-9-23-14;;/h2-6,8,11,14,19H,7,9-10,12H2,1H3;2*1H. The lowest BCUT2D eigenvalue weighted by Gasteiger charge is -2.24. The molecule has 1 unspecified atom stereocenters. The minimum Gasteiger partial charge on any atom is -0.374 e. The van der Waals surface area contributed by atoms with Gasteiger partial charge in [0, 0.05) is 37.2 Å². The third kappa shape index (κ3) is 4.45. The van der Waals surface area contributed by atoms with Gasteiger partial charge in [0.15, 0.2) is 5.82 Å². The van der Waals surface area contributed by atoms with Crippen LogP contribution in [-0.4, -0.2) is 40.3 Å². The highest BCUT2D eigenvalue weighted by molar-refractivity contribution is 7.18. The molecule has 5 nitrogen and oxygen atoms in total. The van der Waals surface area contributed by atoms with Gasteiger partial charge in [-0.05, 0) is 12.5 Å². The van der Waals surface area contributed by atoms with E-state index in [1.807, 2.05) is 18.6 Å². The number of imidazole rings is 1. The molecule has 1 aromatic carbocycles. The molecule has 0 saturated carbocycles. The molecule has 1 aliphatic rings. The lowest BCUT2D eigenvalue weighted by Crippen LogP contribution is -2.40. The van der Waals surface area contributed by atoms with Crippen LogP contribution in [0.15, 0.2) is 42.9 Å². The van der Waals surface area contributed by atoms with Crippen LogP contribution in [0.2, 0.25) is 0 Å². The zero-order valence-electron chi connectivity index (χ0n) is 14.4. The lowest BCUT2D eigenvalue weighted by atomic mass is 10.1. The minimum absolute atomic E-state index is 0. The fourth-order valence-corrected chi connectivity index (χ4v) is 3.97. The van der Waals surface area contributed by atoms with E-state index in [1.54, 1.807) is 11.3 Å². The molecule has 1 atom stereocenters. The van der Waals surface area contributed by atoms with Crippen LogP contribution in [-0.2, 0) is 11.3 Å². The summed E-state index contributed by atoms with van der Waals surface area (Å²) in [6.45, 7) is 5.51. The third-order valence-corrected chi connectivity index (χ3v) is 5.25. The highest BCUT2D eigenvalue weighted by atomic mass is 35.5. The molecule has 26 heavy (non-hydrogen) atoms. The van der Waals surface area contributed by atoms with Gasteiger partial charge in [-0.25, -0.2) is 9.97 Å². The quantitative estimate of drug-likeness (QED) is 0.707. The Bertz CT molecular complexity index is 830. The van der Waals surface area contributed by atoms with Crippen LogP contribution in [0.25, 0.3) is 21.3 Å². The van der Waals surface area contributed by atoms with Crippen LogP contribution < -0.4 is 5.32 Å². The van der Waals surface area contributed by atoms with Crippen molar-refractivity contribution in [2.45, 2.75) is 19.6 Å². The van der Waals surface area contributed by atoms with Gasteiger partial charge >= 0.3 is 0 Å². The second-order valence-corrected chi connectivity index (χ2v) is 6.98. The fourth-order valence-electron chi connectivity index (χ4n) is 2.95. The first-order valence-electron chi connectivity index (χ1n) is 8.17. The molecule has 4 rings (SSSR count). The second kappa shape index (κ2) is 9.48. The first-order chi connectivity index (χ1) is 11.8. The fraction of sp³-hybridized carbons (Fsp3) is 0.333. The van der Waals surface area contributed by atoms with E-state index in [4.69, 9.17) is 4.74 Å². The van der Waals surface area contributed by atoms with E-state index in [-0.39, 0.29) is 30.9 Å². The topological polar surface area (TPSA) is 52.0 Å². The smallest absolute Gasteiger partial charge is 0.151 e. The minimum atomic E-state index is 0. The predicted octanol–water partition coefficient (Wildman–Crippen LogP) is 3.81. The van der Waals surface area contributed by atoms with Crippen molar-refractivity contribution in [3.05, 3.63) is 48.4 Å². The Morgan fingerprint density at radius 2 is 2.12 bits per heavy atom. The number of hydrogen-bond acceptors (Lipinski definition) is 5. The molecule has 0 amide bonds. The monoisotopic (exact) mass is 412 g/mol. The van der Waals surface area contributed by atoms with Crippen molar-refractivity contribution in [1.82, 2.24) is 19.9 Å². The maximum atomic E-state index is 5.81. The van der Waals surface area contributed by atoms with Gasteiger partial charge in [0.25, 0.3) is 0 Å². The molecule has 0 radical (unpaired) electrons. The molecule has 0 bridgehead atoms. The molecule has 1 saturated heterocycles. The van der Waals surface area contributed by atoms with Gasteiger partial charge in [-0.15, -0.1) is 36.2 Å². The second-order valence-electron chi connectivity index (χ2n) is 5.94. The molecule has 1 aliphatic heterocycles. The molecular formula is C18H22Cl2N4OS.